The van der Waals surface area contributed by atoms with E-state index in [1.807, 2.05) is 25.1 Å². The number of nitrogens with one attached hydrogen (secondary N) is 1. The van der Waals surface area contributed by atoms with E-state index in [0.29, 0.717) is 10.9 Å². The molecule has 2 heterocycles. The van der Waals surface area contributed by atoms with Gasteiger partial charge in [-0.15, -0.1) is 0 Å². The van der Waals surface area contributed by atoms with Gasteiger partial charge in [-0.25, -0.2) is 9.95 Å². The molecular weight excluding hydrogens is 192 g/mol. The number of fused-ring (bicyclic) bond motifs is 3. The lowest BCUT2D eigenvalue weighted by Crippen LogP contribution is -1.91. The van der Waals surface area contributed by atoms with E-state index >= 15 is 0 Å². The first-order valence-electron chi connectivity index (χ1n) is 4.62. The van der Waals surface area contributed by atoms with Gasteiger partial charge in [0.2, 0.25) is 0 Å². The molecule has 4 nitrogen and oxygen atoms in total. The van der Waals surface area contributed by atoms with Crippen LogP contribution in [0.4, 0.5) is 0 Å². The van der Waals surface area contributed by atoms with Gasteiger partial charge in [0.1, 0.15) is 5.39 Å². The van der Waals surface area contributed by atoms with Crippen LogP contribution < -0.4 is 5.63 Å². The molecule has 0 fully saturated rings. The van der Waals surface area contributed by atoms with Crippen molar-refractivity contribution in [3.63, 3.8) is 0 Å². The van der Waals surface area contributed by atoms with Gasteiger partial charge in [0, 0.05) is 11.6 Å². The van der Waals surface area contributed by atoms with E-state index in [1.165, 1.54) is 6.20 Å². The van der Waals surface area contributed by atoms with Gasteiger partial charge in [0.05, 0.1) is 11.0 Å². The van der Waals surface area contributed by atoms with E-state index in [-0.39, 0.29) is 5.63 Å². The monoisotopic (exact) mass is 200 g/mol. The number of aromatic amines is 1. The van der Waals surface area contributed by atoms with E-state index in [2.05, 4.69) is 10.1 Å². The average Bonchev–Trinajstić information content (AvgIpc) is 2.61. The Bertz CT molecular complexity index is 709. The number of nitrogens with zero attached hydrogens (tertiary/aromatic N) is 1. The lowest BCUT2D eigenvalue weighted by Gasteiger charge is -1.98. The van der Waals surface area contributed by atoms with Crippen LogP contribution in [0.3, 0.4) is 0 Å². The summed E-state index contributed by atoms with van der Waals surface area (Å²) in [7, 11) is 0. The molecule has 4 heteroatoms. The van der Waals surface area contributed by atoms with E-state index in [0.717, 1.165) is 16.5 Å². The minimum Gasteiger partial charge on any atom is -0.338 e. The summed E-state index contributed by atoms with van der Waals surface area (Å²) >= 11 is 0. The van der Waals surface area contributed by atoms with Crippen LogP contribution in [0.1, 0.15) is 5.56 Å². The first-order chi connectivity index (χ1) is 7.25. The number of aryl methyl sites for hydroxylation is 1. The molecule has 0 amide bonds. The van der Waals surface area contributed by atoms with Gasteiger partial charge in [-0.2, -0.15) is 0 Å². The number of benzene rings is 1. The second-order valence-corrected chi connectivity index (χ2v) is 3.56. The van der Waals surface area contributed by atoms with Gasteiger partial charge in [0.25, 0.3) is 0 Å². The minimum atomic E-state index is -0.374. The molecule has 3 aromatic rings. The third kappa shape index (κ3) is 1.08. The summed E-state index contributed by atoms with van der Waals surface area (Å²) in [5, 5.41) is 4.04. The lowest BCUT2D eigenvalue weighted by atomic mass is 10.1. The molecule has 0 atom stereocenters. The summed E-state index contributed by atoms with van der Waals surface area (Å²) in [6, 6.07) is 5.89. The predicted molar refractivity (Wildman–Crippen MR) is 56.9 cm³/mol. The van der Waals surface area contributed by atoms with E-state index in [1.54, 1.807) is 0 Å². The maximum absolute atomic E-state index is 11.3. The highest BCUT2D eigenvalue weighted by Crippen LogP contribution is 2.20. The zero-order valence-corrected chi connectivity index (χ0v) is 8.07. The van der Waals surface area contributed by atoms with Gasteiger partial charge in [0.15, 0.2) is 0 Å². The molecule has 0 saturated carbocycles. The second-order valence-electron chi connectivity index (χ2n) is 3.56. The van der Waals surface area contributed by atoms with Crippen LogP contribution in [0.15, 0.2) is 33.7 Å². The maximum atomic E-state index is 11.3. The van der Waals surface area contributed by atoms with Gasteiger partial charge in [-0.1, -0.05) is 11.6 Å². The average molecular weight is 200 g/mol. The fourth-order valence-electron chi connectivity index (χ4n) is 1.72. The van der Waals surface area contributed by atoms with Crippen molar-refractivity contribution in [2.24, 2.45) is 0 Å². The summed E-state index contributed by atoms with van der Waals surface area (Å²) in [6.45, 7) is 2.00. The molecule has 0 unspecified atom stereocenters. The van der Waals surface area contributed by atoms with E-state index in [4.69, 9.17) is 4.52 Å². The molecule has 2 aromatic heterocycles. The highest BCUT2D eigenvalue weighted by molar-refractivity contribution is 6.02. The van der Waals surface area contributed by atoms with Crippen LogP contribution >= 0.6 is 0 Å². The van der Waals surface area contributed by atoms with Crippen molar-refractivity contribution < 1.29 is 4.52 Å². The molecule has 0 bridgehead atoms. The Morgan fingerprint density at radius 1 is 1.33 bits per heavy atom. The zero-order valence-electron chi connectivity index (χ0n) is 8.07. The van der Waals surface area contributed by atoms with Crippen LogP contribution in [0.25, 0.3) is 21.8 Å². The van der Waals surface area contributed by atoms with Crippen molar-refractivity contribution in [2.75, 3.05) is 0 Å². The Morgan fingerprint density at radius 3 is 3.07 bits per heavy atom. The Morgan fingerprint density at radius 2 is 2.20 bits per heavy atom. The zero-order chi connectivity index (χ0) is 10.4. The molecule has 1 aromatic carbocycles. The molecule has 0 aliphatic rings. The third-order valence-corrected chi connectivity index (χ3v) is 2.49. The second kappa shape index (κ2) is 2.70. The highest BCUT2D eigenvalue weighted by Gasteiger charge is 2.07. The molecule has 3 rings (SSSR count). The van der Waals surface area contributed by atoms with Gasteiger partial charge >= 0.3 is 5.63 Å². The summed E-state index contributed by atoms with van der Waals surface area (Å²) < 4.78 is 4.74. The largest absolute Gasteiger partial charge is 0.366 e. The molecule has 15 heavy (non-hydrogen) atoms. The summed E-state index contributed by atoms with van der Waals surface area (Å²) in [4.78, 5) is 15.5. The van der Waals surface area contributed by atoms with Crippen LogP contribution in [0.2, 0.25) is 0 Å². The topological polar surface area (TPSA) is 58.9 Å². The van der Waals surface area contributed by atoms with Crippen molar-refractivity contribution in [1.29, 1.82) is 0 Å². The van der Waals surface area contributed by atoms with Crippen molar-refractivity contribution in [3.8, 4) is 0 Å². The summed E-state index contributed by atoms with van der Waals surface area (Å²) in [6.07, 6.45) is 1.54. The molecule has 0 aliphatic heterocycles. The van der Waals surface area contributed by atoms with Crippen LogP contribution in [0, 0.1) is 6.92 Å². The smallest absolute Gasteiger partial charge is 0.338 e. The molecule has 0 radical (unpaired) electrons. The molecule has 1 N–H and O–H groups in total. The molecule has 0 aliphatic carbocycles. The minimum absolute atomic E-state index is 0.374. The number of rotatable bonds is 0. The maximum Gasteiger partial charge on any atom is 0.366 e. The third-order valence-electron chi connectivity index (χ3n) is 2.49. The number of hydrogen-bond acceptors (Lipinski definition) is 3. The molecule has 0 spiro atoms. The number of H-pyrrole nitrogens is 1. The van der Waals surface area contributed by atoms with Crippen LogP contribution in [0.5, 0.6) is 0 Å². The van der Waals surface area contributed by atoms with E-state index in [9.17, 15) is 4.79 Å². The fraction of sp³-hybridized carbons (Fsp3) is 0.0909. The number of hydrogen-bond donors (Lipinski definition) is 1. The number of aromatic nitrogens is 2. The Labute approximate surface area is 84.5 Å². The van der Waals surface area contributed by atoms with Crippen LogP contribution in [-0.2, 0) is 0 Å². The lowest BCUT2D eigenvalue weighted by molar-refractivity contribution is 0.400. The summed E-state index contributed by atoms with van der Waals surface area (Å²) in [5.74, 6) is 0. The van der Waals surface area contributed by atoms with Crippen molar-refractivity contribution in [2.45, 2.75) is 6.92 Å². The molecule has 0 saturated heterocycles. The Hall–Kier alpha value is -2.10. The van der Waals surface area contributed by atoms with Gasteiger partial charge in [-0.05, 0) is 19.1 Å². The normalized spacial score (nSPS) is 11.3. The quantitative estimate of drug-likeness (QED) is 0.603. The van der Waals surface area contributed by atoms with Crippen LogP contribution in [-0.4, -0.2) is 10.1 Å². The Kier molecular flexibility index (Phi) is 1.48. The fourth-order valence-corrected chi connectivity index (χ4v) is 1.72. The van der Waals surface area contributed by atoms with Crippen molar-refractivity contribution >= 4 is 21.8 Å². The summed E-state index contributed by atoms with van der Waals surface area (Å²) in [5.41, 5.74) is 2.32. The highest BCUT2D eigenvalue weighted by atomic mass is 16.5. The first-order valence-corrected chi connectivity index (χ1v) is 4.62. The van der Waals surface area contributed by atoms with Crippen molar-refractivity contribution in [1.82, 2.24) is 10.1 Å². The van der Waals surface area contributed by atoms with Crippen molar-refractivity contribution in [3.05, 3.63) is 40.4 Å². The molecule has 74 valence electrons. The first kappa shape index (κ1) is 8.23. The van der Waals surface area contributed by atoms with E-state index < -0.39 is 0 Å². The predicted octanol–water partition coefficient (Wildman–Crippen LogP) is 1.98. The van der Waals surface area contributed by atoms with Gasteiger partial charge in [-0.3, -0.25) is 4.98 Å². The SMILES string of the molecule is Cc1ccc2ncc3c(=O)o[nH]c3c2c1. The standard InChI is InChI=1S/C11H8N2O2/c1-6-2-3-9-7(4-6)10-8(5-12-9)11(14)15-13-10/h2-5,13H,1H3. The Balaban J connectivity index is 2.63. The number of pyridine rings is 1. The van der Waals surface area contributed by atoms with Gasteiger partial charge < -0.3 is 4.52 Å². The molecular formula is C11H8N2O2.